The first-order chi connectivity index (χ1) is 15.0. The van der Waals surface area contributed by atoms with E-state index in [1.165, 1.54) is 12.8 Å². The highest BCUT2D eigenvalue weighted by Crippen LogP contribution is 2.34. The van der Waals surface area contributed by atoms with E-state index in [0.29, 0.717) is 22.2 Å². The number of aryl methyl sites for hydroxylation is 1. The highest BCUT2D eigenvalue weighted by Gasteiger charge is 2.32. The normalized spacial score (nSPS) is 19.4. The highest BCUT2D eigenvalue weighted by molar-refractivity contribution is 6.35. The topological polar surface area (TPSA) is 53.7 Å². The van der Waals surface area contributed by atoms with Crippen LogP contribution < -0.4 is 4.90 Å². The molecule has 2 aromatic heterocycles. The molecule has 1 aromatic carbocycles. The fourth-order valence-corrected chi connectivity index (χ4v) is 5.10. The zero-order valence-electron chi connectivity index (χ0n) is 17.5. The number of hydrogen-bond acceptors (Lipinski definition) is 4. The van der Waals surface area contributed by atoms with E-state index in [1.807, 2.05) is 21.7 Å². The van der Waals surface area contributed by atoms with Crippen LogP contribution in [0, 0.1) is 6.92 Å². The van der Waals surface area contributed by atoms with Crippen LogP contribution in [0.5, 0.6) is 0 Å². The quantitative estimate of drug-likeness (QED) is 0.534. The molecule has 0 bridgehead atoms. The first-order valence-electron chi connectivity index (χ1n) is 10.9. The second kappa shape index (κ2) is 8.32. The SMILES string of the molecule is Cc1cn2nc([C@@H]3CCCCN3C(=O)c3cc(Cl)ccc3Cl)cc2nc1N1CCCC1. The second-order valence-electron chi connectivity index (χ2n) is 8.45. The van der Waals surface area contributed by atoms with Gasteiger partial charge in [-0.25, -0.2) is 9.50 Å². The zero-order valence-corrected chi connectivity index (χ0v) is 19.0. The first kappa shape index (κ1) is 20.6. The van der Waals surface area contributed by atoms with E-state index in [-0.39, 0.29) is 11.9 Å². The van der Waals surface area contributed by atoms with Crippen LogP contribution in [0.15, 0.2) is 30.5 Å². The van der Waals surface area contributed by atoms with Crippen LogP contribution in [0.1, 0.15) is 59.8 Å². The maximum absolute atomic E-state index is 13.4. The number of amides is 1. The number of likely N-dealkylation sites (tertiary alicyclic amines) is 1. The molecule has 1 amide bonds. The van der Waals surface area contributed by atoms with Crippen LogP contribution in [0.4, 0.5) is 5.82 Å². The van der Waals surface area contributed by atoms with Crippen LogP contribution >= 0.6 is 23.2 Å². The van der Waals surface area contributed by atoms with E-state index in [1.54, 1.807) is 18.2 Å². The molecule has 31 heavy (non-hydrogen) atoms. The second-order valence-corrected chi connectivity index (χ2v) is 9.29. The van der Waals surface area contributed by atoms with E-state index in [0.717, 1.165) is 55.1 Å². The predicted octanol–water partition coefficient (Wildman–Crippen LogP) is 5.31. The molecule has 5 rings (SSSR count). The number of halogens is 2. The zero-order chi connectivity index (χ0) is 21.5. The summed E-state index contributed by atoms with van der Waals surface area (Å²) in [6.45, 7) is 4.86. The molecule has 3 aromatic rings. The molecule has 162 valence electrons. The van der Waals surface area contributed by atoms with E-state index >= 15 is 0 Å². The number of fused-ring (bicyclic) bond motifs is 1. The van der Waals surface area contributed by atoms with Gasteiger partial charge in [0.15, 0.2) is 5.65 Å². The summed E-state index contributed by atoms with van der Waals surface area (Å²) >= 11 is 12.5. The number of aromatic nitrogens is 3. The summed E-state index contributed by atoms with van der Waals surface area (Å²) in [7, 11) is 0. The number of piperidine rings is 1. The van der Waals surface area contributed by atoms with Gasteiger partial charge < -0.3 is 9.80 Å². The van der Waals surface area contributed by atoms with Gasteiger partial charge in [0.05, 0.1) is 22.3 Å². The minimum Gasteiger partial charge on any atom is -0.356 e. The van der Waals surface area contributed by atoms with Crippen LogP contribution in [-0.2, 0) is 0 Å². The van der Waals surface area contributed by atoms with Crippen molar-refractivity contribution in [3.05, 3.63) is 57.3 Å². The van der Waals surface area contributed by atoms with Gasteiger partial charge in [-0.3, -0.25) is 4.79 Å². The molecule has 6 nitrogen and oxygen atoms in total. The van der Waals surface area contributed by atoms with Gasteiger partial charge in [-0.15, -0.1) is 0 Å². The maximum atomic E-state index is 13.4. The van der Waals surface area contributed by atoms with Crippen LogP contribution in [0.3, 0.4) is 0 Å². The average Bonchev–Trinajstić information content (AvgIpc) is 3.44. The number of rotatable bonds is 3. The van der Waals surface area contributed by atoms with Gasteiger partial charge in [-0.2, -0.15) is 5.10 Å². The monoisotopic (exact) mass is 457 g/mol. The van der Waals surface area contributed by atoms with Crippen molar-refractivity contribution in [3.8, 4) is 0 Å². The molecule has 0 saturated carbocycles. The van der Waals surface area contributed by atoms with E-state index in [2.05, 4.69) is 11.8 Å². The van der Waals surface area contributed by atoms with Crippen molar-refractivity contribution in [1.29, 1.82) is 0 Å². The maximum Gasteiger partial charge on any atom is 0.255 e. The van der Waals surface area contributed by atoms with Crippen LogP contribution in [0.2, 0.25) is 10.0 Å². The van der Waals surface area contributed by atoms with Gasteiger partial charge in [0.1, 0.15) is 5.82 Å². The van der Waals surface area contributed by atoms with Crippen molar-refractivity contribution >= 4 is 40.6 Å². The van der Waals surface area contributed by atoms with Crippen LogP contribution in [-0.4, -0.2) is 45.0 Å². The van der Waals surface area contributed by atoms with Crippen LogP contribution in [0.25, 0.3) is 5.65 Å². The third-order valence-corrected chi connectivity index (χ3v) is 6.86. The summed E-state index contributed by atoms with van der Waals surface area (Å²) in [5, 5.41) is 5.73. The third kappa shape index (κ3) is 3.87. The minimum absolute atomic E-state index is 0.101. The molecule has 0 spiro atoms. The lowest BCUT2D eigenvalue weighted by atomic mass is 9.98. The van der Waals surface area contributed by atoms with Gasteiger partial charge in [0, 0.05) is 42.5 Å². The Labute approximate surface area is 191 Å². The van der Waals surface area contributed by atoms with Gasteiger partial charge in [-0.05, 0) is 57.2 Å². The van der Waals surface area contributed by atoms with Crippen molar-refractivity contribution in [2.45, 2.75) is 45.1 Å². The highest BCUT2D eigenvalue weighted by atomic mass is 35.5. The van der Waals surface area contributed by atoms with Crippen molar-refractivity contribution in [3.63, 3.8) is 0 Å². The summed E-state index contributed by atoms with van der Waals surface area (Å²) in [6, 6.07) is 6.94. The molecule has 2 aliphatic heterocycles. The predicted molar refractivity (Wildman–Crippen MR) is 123 cm³/mol. The van der Waals surface area contributed by atoms with Crippen molar-refractivity contribution in [1.82, 2.24) is 19.5 Å². The van der Waals surface area contributed by atoms with Gasteiger partial charge in [0.25, 0.3) is 5.91 Å². The summed E-state index contributed by atoms with van der Waals surface area (Å²) in [5.74, 6) is 0.940. The number of carbonyl (C=O) groups excluding carboxylic acids is 1. The summed E-state index contributed by atoms with van der Waals surface area (Å²) in [5.41, 5.74) is 3.25. The van der Waals surface area contributed by atoms with Gasteiger partial charge in [-0.1, -0.05) is 23.2 Å². The largest absolute Gasteiger partial charge is 0.356 e. The fraction of sp³-hybridized carbons (Fsp3) is 0.435. The average molecular weight is 458 g/mol. The third-order valence-electron chi connectivity index (χ3n) is 6.29. The number of carbonyl (C=O) groups is 1. The summed E-state index contributed by atoms with van der Waals surface area (Å²) in [6.07, 6.45) is 7.35. The van der Waals surface area contributed by atoms with Crippen molar-refractivity contribution < 1.29 is 4.79 Å². The molecule has 0 radical (unpaired) electrons. The number of benzene rings is 1. The molecule has 4 heterocycles. The Bertz CT molecular complexity index is 1140. The first-order valence-corrected chi connectivity index (χ1v) is 11.6. The molecule has 2 fully saturated rings. The van der Waals surface area contributed by atoms with Gasteiger partial charge in [0.2, 0.25) is 0 Å². The molecular formula is C23H25Cl2N5O. The fourth-order valence-electron chi connectivity index (χ4n) is 4.73. The van der Waals surface area contributed by atoms with E-state index in [9.17, 15) is 4.79 Å². The van der Waals surface area contributed by atoms with E-state index < -0.39 is 0 Å². The number of hydrogen-bond donors (Lipinski definition) is 0. The van der Waals surface area contributed by atoms with Gasteiger partial charge >= 0.3 is 0 Å². The van der Waals surface area contributed by atoms with Crippen molar-refractivity contribution in [2.75, 3.05) is 24.5 Å². The molecule has 1 atom stereocenters. The molecule has 2 aliphatic rings. The van der Waals surface area contributed by atoms with E-state index in [4.69, 9.17) is 33.3 Å². The number of anilines is 1. The Morgan fingerprint density at radius 3 is 2.65 bits per heavy atom. The summed E-state index contributed by atoms with van der Waals surface area (Å²) in [4.78, 5) is 22.5. The smallest absolute Gasteiger partial charge is 0.255 e. The van der Waals surface area contributed by atoms with Crippen molar-refractivity contribution in [2.24, 2.45) is 0 Å². The molecule has 0 unspecified atom stereocenters. The minimum atomic E-state index is -0.103. The lowest BCUT2D eigenvalue weighted by Gasteiger charge is -2.35. The molecule has 2 saturated heterocycles. The Hall–Kier alpha value is -2.31. The Morgan fingerprint density at radius 1 is 1.06 bits per heavy atom. The lowest BCUT2D eigenvalue weighted by molar-refractivity contribution is 0.0606. The Kier molecular flexibility index (Phi) is 5.52. The number of nitrogens with zero attached hydrogens (tertiary/aromatic N) is 5. The molecule has 0 aliphatic carbocycles. The summed E-state index contributed by atoms with van der Waals surface area (Å²) < 4.78 is 1.84. The standard InChI is InChI=1S/C23H25Cl2N5O/c1-15-14-30-21(26-22(15)28-9-4-5-10-28)13-19(27-30)20-6-2-3-11-29(20)23(31)17-12-16(24)7-8-18(17)25/h7-8,12-14,20H,2-6,9-11H2,1H3/t20-/m0/s1. The molecule has 0 N–H and O–H groups in total. The molecular weight excluding hydrogens is 433 g/mol. The molecule has 8 heteroatoms. The Morgan fingerprint density at radius 2 is 1.84 bits per heavy atom. The lowest BCUT2D eigenvalue weighted by Crippen LogP contribution is -2.38. The Balaban J connectivity index is 1.49.